The maximum Gasteiger partial charge on any atom is 0.108 e. The average molecular weight is 250 g/mol. The lowest BCUT2D eigenvalue weighted by Gasteiger charge is -2.49. The van der Waals surface area contributed by atoms with Gasteiger partial charge < -0.3 is 9.80 Å². The number of hydrogen-bond acceptors (Lipinski definition) is 4. The minimum Gasteiger partial charge on any atom is -0.302 e. The van der Waals surface area contributed by atoms with Crippen molar-refractivity contribution in [1.29, 1.82) is 5.26 Å². The highest BCUT2D eigenvalue weighted by Gasteiger charge is 2.40. The highest BCUT2D eigenvalue weighted by molar-refractivity contribution is 5.01. The molecule has 0 spiro atoms. The lowest BCUT2D eigenvalue weighted by Crippen LogP contribution is -2.57. The molecule has 4 heteroatoms. The smallest absolute Gasteiger partial charge is 0.108 e. The van der Waals surface area contributed by atoms with E-state index >= 15 is 0 Å². The van der Waals surface area contributed by atoms with Gasteiger partial charge in [0.1, 0.15) is 6.04 Å². The van der Waals surface area contributed by atoms with E-state index in [9.17, 15) is 5.26 Å². The van der Waals surface area contributed by atoms with Crippen LogP contribution >= 0.6 is 0 Å². The van der Waals surface area contributed by atoms with Crippen LogP contribution in [0.1, 0.15) is 32.1 Å². The van der Waals surface area contributed by atoms with Gasteiger partial charge in [0.15, 0.2) is 0 Å². The van der Waals surface area contributed by atoms with Crippen molar-refractivity contribution in [2.45, 2.75) is 49.7 Å². The fourth-order valence-corrected chi connectivity index (χ4v) is 2.88. The molecule has 2 aliphatic carbocycles. The third-order valence-corrected chi connectivity index (χ3v) is 4.46. The second-order valence-electron chi connectivity index (χ2n) is 6.29. The van der Waals surface area contributed by atoms with Gasteiger partial charge in [-0.15, -0.1) is 0 Å². The summed E-state index contributed by atoms with van der Waals surface area (Å²) in [5.41, 5.74) is 0.355. The van der Waals surface area contributed by atoms with Gasteiger partial charge in [-0.2, -0.15) is 5.26 Å². The van der Waals surface area contributed by atoms with E-state index in [2.05, 4.69) is 42.3 Å². The van der Waals surface area contributed by atoms with Crippen LogP contribution in [0.15, 0.2) is 0 Å². The van der Waals surface area contributed by atoms with E-state index in [-0.39, 0.29) is 6.04 Å². The molecule has 0 amide bonds. The van der Waals surface area contributed by atoms with Crippen molar-refractivity contribution in [1.82, 2.24) is 15.1 Å². The molecule has 0 aromatic carbocycles. The molecule has 0 bridgehead atoms. The van der Waals surface area contributed by atoms with Crippen LogP contribution in [-0.2, 0) is 0 Å². The number of rotatable bonds is 7. The first kappa shape index (κ1) is 13.8. The predicted octanol–water partition coefficient (Wildman–Crippen LogP) is 1.05. The minimum atomic E-state index is -0.0122. The molecule has 2 fully saturated rings. The fraction of sp³-hybridized carbons (Fsp3) is 0.929. The maximum atomic E-state index is 9.18. The standard InChI is InChI=1S/C14H26N4/c1-17(2)14(7-4-8-14)11-18(3)10-13(9-15)16-12-5-6-12/h12-13,16H,4-8,10-11H2,1-3H3. The van der Waals surface area contributed by atoms with Crippen molar-refractivity contribution in [2.24, 2.45) is 0 Å². The van der Waals surface area contributed by atoms with Gasteiger partial charge in [0.05, 0.1) is 6.07 Å². The Morgan fingerprint density at radius 2 is 2.00 bits per heavy atom. The molecule has 4 nitrogen and oxygen atoms in total. The quantitative estimate of drug-likeness (QED) is 0.733. The van der Waals surface area contributed by atoms with Crippen molar-refractivity contribution in [3.63, 3.8) is 0 Å². The van der Waals surface area contributed by atoms with Crippen molar-refractivity contribution >= 4 is 0 Å². The summed E-state index contributed by atoms with van der Waals surface area (Å²) in [6, 6.07) is 2.98. The number of nitrogens with one attached hydrogen (secondary N) is 1. The summed E-state index contributed by atoms with van der Waals surface area (Å²) in [5, 5.41) is 12.6. The van der Waals surface area contributed by atoms with Crippen LogP contribution in [0.3, 0.4) is 0 Å². The van der Waals surface area contributed by atoms with Crippen LogP contribution in [0.2, 0.25) is 0 Å². The molecule has 2 aliphatic rings. The van der Waals surface area contributed by atoms with E-state index < -0.39 is 0 Å². The largest absolute Gasteiger partial charge is 0.302 e. The second kappa shape index (κ2) is 5.56. The van der Waals surface area contributed by atoms with Crippen molar-refractivity contribution in [3.05, 3.63) is 0 Å². The molecule has 1 N–H and O–H groups in total. The Morgan fingerprint density at radius 3 is 2.39 bits per heavy atom. The molecule has 0 aliphatic heterocycles. The number of nitriles is 1. The Morgan fingerprint density at radius 1 is 1.33 bits per heavy atom. The van der Waals surface area contributed by atoms with Crippen molar-refractivity contribution in [2.75, 3.05) is 34.2 Å². The van der Waals surface area contributed by atoms with E-state index in [0.717, 1.165) is 13.1 Å². The van der Waals surface area contributed by atoms with Crippen molar-refractivity contribution in [3.8, 4) is 6.07 Å². The lowest BCUT2D eigenvalue weighted by molar-refractivity contribution is 0.0268. The summed E-state index contributed by atoms with van der Waals surface area (Å²) in [7, 11) is 6.50. The van der Waals surface area contributed by atoms with Gasteiger partial charge in [0, 0.05) is 24.7 Å². The third kappa shape index (κ3) is 3.23. The third-order valence-electron chi connectivity index (χ3n) is 4.46. The van der Waals surface area contributed by atoms with Crippen LogP contribution in [0.4, 0.5) is 0 Å². The molecule has 2 saturated carbocycles. The number of hydrogen-bond donors (Lipinski definition) is 1. The highest BCUT2D eigenvalue weighted by Crippen LogP contribution is 2.36. The van der Waals surface area contributed by atoms with Crippen LogP contribution in [0, 0.1) is 11.3 Å². The number of nitrogens with zero attached hydrogens (tertiary/aromatic N) is 3. The Labute approximate surface area is 111 Å². The van der Waals surface area contributed by atoms with E-state index in [4.69, 9.17) is 0 Å². The molecule has 102 valence electrons. The molecule has 0 heterocycles. The van der Waals surface area contributed by atoms with E-state index in [0.29, 0.717) is 11.6 Å². The predicted molar refractivity (Wildman–Crippen MR) is 73.3 cm³/mol. The van der Waals surface area contributed by atoms with Crippen LogP contribution in [0.25, 0.3) is 0 Å². The average Bonchev–Trinajstić information content (AvgIpc) is 3.05. The molecule has 0 aromatic heterocycles. The molecule has 1 unspecified atom stereocenters. The van der Waals surface area contributed by atoms with Gasteiger partial charge in [0.25, 0.3) is 0 Å². The normalized spacial score (nSPS) is 23.8. The van der Waals surface area contributed by atoms with Gasteiger partial charge in [-0.1, -0.05) is 0 Å². The SMILES string of the molecule is CN(CC(C#N)NC1CC1)CC1(N(C)C)CCC1. The summed E-state index contributed by atoms with van der Waals surface area (Å²) in [5.74, 6) is 0. The van der Waals surface area contributed by atoms with Crippen LogP contribution in [0.5, 0.6) is 0 Å². The van der Waals surface area contributed by atoms with Gasteiger partial charge in [0.2, 0.25) is 0 Å². The zero-order valence-corrected chi connectivity index (χ0v) is 11.9. The van der Waals surface area contributed by atoms with E-state index in [1.165, 1.54) is 32.1 Å². The zero-order chi connectivity index (χ0) is 13.2. The van der Waals surface area contributed by atoms with E-state index in [1.54, 1.807) is 0 Å². The fourth-order valence-electron chi connectivity index (χ4n) is 2.88. The summed E-state index contributed by atoms with van der Waals surface area (Å²) < 4.78 is 0. The lowest BCUT2D eigenvalue weighted by atomic mass is 9.75. The highest BCUT2D eigenvalue weighted by atomic mass is 15.2. The van der Waals surface area contributed by atoms with Crippen molar-refractivity contribution < 1.29 is 0 Å². The number of likely N-dealkylation sites (N-methyl/N-ethyl adjacent to an activating group) is 2. The Hall–Kier alpha value is -0.630. The first-order valence-electron chi connectivity index (χ1n) is 7.07. The van der Waals surface area contributed by atoms with Gasteiger partial charge in [-0.3, -0.25) is 5.32 Å². The molecule has 0 saturated heterocycles. The Bertz CT molecular complexity index is 312. The topological polar surface area (TPSA) is 42.3 Å². The molecule has 2 rings (SSSR count). The zero-order valence-electron chi connectivity index (χ0n) is 11.9. The first-order chi connectivity index (χ1) is 8.55. The first-order valence-corrected chi connectivity index (χ1v) is 7.07. The molecular formula is C14H26N4. The Kier molecular flexibility index (Phi) is 4.26. The summed E-state index contributed by atoms with van der Waals surface area (Å²) >= 11 is 0. The summed E-state index contributed by atoms with van der Waals surface area (Å²) in [6.45, 7) is 1.91. The summed E-state index contributed by atoms with van der Waals surface area (Å²) in [4.78, 5) is 4.69. The Balaban J connectivity index is 1.79. The van der Waals surface area contributed by atoms with Gasteiger partial charge in [-0.05, 0) is 53.2 Å². The van der Waals surface area contributed by atoms with Gasteiger partial charge >= 0.3 is 0 Å². The maximum absolute atomic E-state index is 9.18. The van der Waals surface area contributed by atoms with E-state index in [1.807, 2.05) is 0 Å². The van der Waals surface area contributed by atoms with Crippen LogP contribution < -0.4 is 5.32 Å². The second-order valence-corrected chi connectivity index (χ2v) is 6.29. The van der Waals surface area contributed by atoms with Gasteiger partial charge in [-0.25, -0.2) is 0 Å². The van der Waals surface area contributed by atoms with Crippen LogP contribution in [-0.4, -0.2) is 61.7 Å². The molecule has 0 radical (unpaired) electrons. The molecule has 0 aromatic rings. The molecule has 18 heavy (non-hydrogen) atoms. The summed E-state index contributed by atoms with van der Waals surface area (Å²) in [6.07, 6.45) is 6.40. The minimum absolute atomic E-state index is 0.0122. The monoisotopic (exact) mass is 250 g/mol. The molecular weight excluding hydrogens is 224 g/mol. The molecule has 1 atom stereocenters.